The predicted molar refractivity (Wildman–Crippen MR) is 23.1 cm³/mol. The second-order valence-corrected chi connectivity index (χ2v) is 0.850. The minimum atomic E-state index is 1.46. The summed E-state index contributed by atoms with van der Waals surface area (Å²) in [6.45, 7) is 0. The second kappa shape index (κ2) is 1.65. The Hall–Kier alpha value is -0.725. The molecule has 2 nitrogen and oxygen atoms in total. The van der Waals surface area contributed by atoms with Crippen molar-refractivity contribution in [3.63, 3.8) is 0 Å². The summed E-state index contributed by atoms with van der Waals surface area (Å²) in [6, 6.07) is 0. The van der Waals surface area contributed by atoms with Gasteiger partial charge >= 0.3 is 35.1 Å². The summed E-state index contributed by atoms with van der Waals surface area (Å²) >= 11 is 0. The van der Waals surface area contributed by atoms with E-state index in [1.807, 2.05) is 0 Å². The SMILES string of the molecule is B1=CC=COO1. The van der Waals surface area contributed by atoms with Gasteiger partial charge in [-0.15, -0.1) is 0 Å². The Kier molecular flexibility index (Phi) is 0.951. The van der Waals surface area contributed by atoms with Crippen LogP contribution in [0.4, 0.5) is 0 Å². The fraction of sp³-hybridized carbons (Fsp3) is 0. The third kappa shape index (κ3) is 0.609. The average molecular weight is 81.9 g/mol. The molecule has 0 N–H and O–H groups in total. The van der Waals surface area contributed by atoms with Crippen molar-refractivity contribution in [3.8, 4) is 0 Å². The van der Waals surface area contributed by atoms with Crippen molar-refractivity contribution in [1.29, 1.82) is 0 Å². The molecular weight excluding hydrogens is 78.8 g/mol. The molecule has 0 bridgehead atoms. The summed E-state index contributed by atoms with van der Waals surface area (Å²) in [5, 5.41) is 0. The Balaban J connectivity index is 2.46. The number of rotatable bonds is 0. The molecule has 0 atom stereocenters. The third-order valence-corrected chi connectivity index (χ3v) is 0.435. The summed E-state index contributed by atoms with van der Waals surface area (Å²) in [7, 11) is 1.46. The molecule has 0 spiro atoms. The first-order chi connectivity index (χ1) is 3.00. The maximum atomic E-state index is 4.30. The second-order valence-electron chi connectivity index (χ2n) is 0.850. The van der Waals surface area contributed by atoms with E-state index in [-0.39, 0.29) is 0 Å². The summed E-state index contributed by atoms with van der Waals surface area (Å²) in [5.41, 5.74) is 0. The van der Waals surface area contributed by atoms with Crippen LogP contribution in [0.25, 0.3) is 0 Å². The van der Waals surface area contributed by atoms with Gasteiger partial charge in [0.2, 0.25) is 0 Å². The molecule has 0 saturated heterocycles. The van der Waals surface area contributed by atoms with Crippen molar-refractivity contribution >= 4 is 13.1 Å². The number of hydrogen-bond donors (Lipinski definition) is 0. The van der Waals surface area contributed by atoms with Crippen LogP contribution < -0.4 is 0 Å². The van der Waals surface area contributed by atoms with Gasteiger partial charge in [0, 0.05) is 0 Å². The molecule has 0 fully saturated rings. The van der Waals surface area contributed by atoms with Crippen molar-refractivity contribution < 1.29 is 9.69 Å². The van der Waals surface area contributed by atoms with E-state index < -0.39 is 0 Å². The van der Waals surface area contributed by atoms with Crippen molar-refractivity contribution in [2.75, 3.05) is 0 Å². The number of hydrogen-bond acceptors (Lipinski definition) is 2. The van der Waals surface area contributed by atoms with Crippen LogP contribution in [0.1, 0.15) is 0 Å². The molecule has 1 aliphatic heterocycles. The average Bonchev–Trinajstić information content (AvgIpc) is 1.72. The summed E-state index contributed by atoms with van der Waals surface area (Å²) in [5.74, 6) is 1.74. The van der Waals surface area contributed by atoms with Gasteiger partial charge in [0.25, 0.3) is 0 Å². The minimum absolute atomic E-state index is 1.46. The molecule has 30 valence electrons. The Bertz CT molecular complexity index is 74.8. The van der Waals surface area contributed by atoms with Gasteiger partial charge in [-0.25, -0.2) is 0 Å². The van der Waals surface area contributed by atoms with Crippen LogP contribution in [-0.4, -0.2) is 13.1 Å². The number of allylic oxidation sites excluding steroid dienone is 1. The van der Waals surface area contributed by atoms with Crippen molar-refractivity contribution in [3.05, 3.63) is 12.3 Å². The van der Waals surface area contributed by atoms with E-state index in [2.05, 4.69) is 9.69 Å². The van der Waals surface area contributed by atoms with Gasteiger partial charge in [-0.2, -0.15) is 0 Å². The van der Waals surface area contributed by atoms with Gasteiger partial charge in [0.05, 0.1) is 0 Å². The molecule has 0 aromatic carbocycles. The zero-order valence-corrected chi connectivity index (χ0v) is 3.13. The van der Waals surface area contributed by atoms with Crippen molar-refractivity contribution in [2.24, 2.45) is 0 Å². The van der Waals surface area contributed by atoms with Gasteiger partial charge in [0.1, 0.15) is 0 Å². The first-order valence-corrected chi connectivity index (χ1v) is 1.64. The predicted octanol–water partition coefficient (Wildman–Crippen LogP) is -0.117. The van der Waals surface area contributed by atoms with E-state index in [4.69, 9.17) is 0 Å². The maximum absolute atomic E-state index is 4.30. The molecule has 0 aromatic rings. The van der Waals surface area contributed by atoms with Crippen molar-refractivity contribution in [2.45, 2.75) is 0 Å². The quantitative estimate of drug-likeness (QED) is 0.299. The van der Waals surface area contributed by atoms with Gasteiger partial charge < -0.3 is 0 Å². The van der Waals surface area contributed by atoms with Crippen LogP contribution in [0, 0.1) is 0 Å². The monoisotopic (exact) mass is 82.0 g/mol. The fourth-order valence-electron chi connectivity index (χ4n) is 0.219. The van der Waals surface area contributed by atoms with E-state index in [0.717, 1.165) is 0 Å². The van der Waals surface area contributed by atoms with E-state index >= 15 is 0 Å². The van der Waals surface area contributed by atoms with Crippen LogP contribution in [-0.2, 0) is 9.69 Å². The van der Waals surface area contributed by atoms with Crippen LogP contribution in [0.3, 0.4) is 0 Å². The normalized spacial score (nSPS) is 14.7. The molecule has 0 radical (unpaired) electrons. The zero-order chi connectivity index (χ0) is 4.24. The van der Waals surface area contributed by atoms with Gasteiger partial charge in [-0.3, -0.25) is 0 Å². The zero-order valence-electron chi connectivity index (χ0n) is 3.13. The molecule has 6 heavy (non-hydrogen) atoms. The topological polar surface area (TPSA) is 18.5 Å². The summed E-state index contributed by atoms with van der Waals surface area (Å²) in [4.78, 5) is 8.60. The summed E-state index contributed by atoms with van der Waals surface area (Å²) < 4.78 is 0. The van der Waals surface area contributed by atoms with E-state index in [1.165, 1.54) is 13.4 Å². The van der Waals surface area contributed by atoms with Gasteiger partial charge in [-0.05, 0) is 0 Å². The Morgan fingerprint density at radius 3 is 2.67 bits per heavy atom. The van der Waals surface area contributed by atoms with Crippen molar-refractivity contribution in [1.82, 2.24) is 0 Å². The molecule has 0 amide bonds. The molecule has 0 unspecified atom stereocenters. The molecule has 0 aliphatic carbocycles. The summed E-state index contributed by atoms with van der Waals surface area (Å²) in [6.07, 6.45) is 3.20. The Morgan fingerprint density at radius 1 is 1.50 bits per heavy atom. The van der Waals surface area contributed by atoms with E-state index in [9.17, 15) is 0 Å². The Labute approximate surface area is 36.2 Å². The standard InChI is InChI=1S/C3H3BO2/c1-2-4-6-5-3-1/h1-3H. The van der Waals surface area contributed by atoms with Crippen LogP contribution in [0.2, 0.25) is 0 Å². The van der Waals surface area contributed by atoms with Crippen LogP contribution >= 0.6 is 0 Å². The fourth-order valence-corrected chi connectivity index (χ4v) is 0.219. The molecular formula is C3H3BO2. The van der Waals surface area contributed by atoms with Gasteiger partial charge in [-0.1, -0.05) is 0 Å². The molecule has 0 aromatic heterocycles. The van der Waals surface area contributed by atoms with Gasteiger partial charge in [0.15, 0.2) is 0 Å². The Morgan fingerprint density at radius 2 is 2.50 bits per heavy atom. The van der Waals surface area contributed by atoms with E-state index in [1.54, 1.807) is 12.0 Å². The molecule has 1 rings (SSSR count). The van der Waals surface area contributed by atoms with Crippen LogP contribution in [0.15, 0.2) is 12.3 Å². The molecule has 1 heterocycles. The van der Waals surface area contributed by atoms with E-state index in [0.29, 0.717) is 0 Å². The molecule has 0 saturated carbocycles. The first-order valence-electron chi connectivity index (χ1n) is 1.64. The first kappa shape index (κ1) is 3.46. The molecule has 1 aliphatic rings. The third-order valence-electron chi connectivity index (χ3n) is 0.435. The molecule has 3 heteroatoms. The van der Waals surface area contributed by atoms with Crippen LogP contribution in [0.5, 0.6) is 0 Å².